The number of hydrogen-bond acceptors (Lipinski definition) is 10. The van der Waals surface area contributed by atoms with Crippen LogP contribution in [0.15, 0.2) is 23.2 Å². The van der Waals surface area contributed by atoms with Gasteiger partial charge in [0.2, 0.25) is 0 Å². The summed E-state index contributed by atoms with van der Waals surface area (Å²) >= 11 is 0. The molecule has 38 heavy (non-hydrogen) atoms. The first-order valence-corrected chi connectivity index (χ1v) is 12.9. The van der Waals surface area contributed by atoms with Crippen molar-refractivity contribution < 1.29 is 29.4 Å². The summed E-state index contributed by atoms with van der Waals surface area (Å²) in [5.74, 6) is 1.02. The van der Waals surface area contributed by atoms with E-state index in [0.717, 1.165) is 0 Å². The van der Waals surface area contributed by atoms with Crippen molar-refractivity contribution in [3.05, 3.63) is 30.2 Å². The van der Waals surface area contributed by atoms with Crippen molar-refractivity contribution in [1.29, 1.82) is 0 Å². The molecular weight excluding hydrogens is 494 g/mol. The Morgan fingerprint density at radius 1 is 1.18 bits per heavy atom. The lowest BCUT2D eigenvalue weighted by Gasteiger charge is -2.40. The fourth-order valence-electron chi connectivity index (χ4n) is 5.24. The van der Waals surface area contributed by atoms with Gasteiger partial charge < -0.3 is 34.8 Å². The predicted molar refractivity (Wildman–Crippen MR) is 135 cm³/mol. The van der Waals surface area contributed by atoms with E-state index in [-0.39, 0.29) is 23.4 Å². The van der Waals surface area contributed by atoms with Crippen LogP contribution in [0.25, 0.3) is 11.2 Å². The number of ether oxygens (including phenoxy) is 1. The van der Waals surface area contributed by atoms with Crippen molar-refractivity contribution in [2.45, 2.75) is 89.5 Å². The second kappa shape index (κ2) is 9.79. The van der Waals surface area contributed by atoms with Crippen LogP contribution in [0.1, 0.15) is 71.2 Å². The minimum absolute atomic E-state index is 0.00392. The molecule has 5 heterocycles. The Balaban J connectivity index is 1.37. The fraction of sp³-hybridized carbons (Fsp3) is 0.640. The average molecular weight is 530 g/mol. The zero-order chi connectivity index (χ0) is 27.4. The molecule has 2 aliphatic heterocycles. The summed E-state index contributed by atoms with van der Waals surface area (Å²) in [6.07, 6.45) is -1.12. The van der Waals surface area contributed by atoms with Crippen molar-refractivity contribution in [3.8, 4) is 0 Å². The van der Waals surface area contributed by atoms with Gasteiger partial charge in [0.15, 0.2) is 29.0 Å². The van der Waals surface area contributed by atoms with E-state index in [1.165, 1.54) is 17.6 Å². The molecule has 13 heteroatoms. The van der Waals surface area contributed by atoms with Gasteiger partial charge in [0, 0.05) is 30.1 Å². The van der Waals surface area contributed by atoms with Gasteiger partial charge in [0.05, 0.1) is 12.0 Å². The zero-order valence-electron chi connectivity index (χ0n) is 22.1. The second-order valence-electron chi connectivity index (χ2n) is 11.5. The van der Waals surface area contributed by atoms with Crippen LogP contribution >= 0.6 is 0 Å². The summed E-state index contributed by atoms with van der Waals surface area (Å²) in [6, 6.07) is 1.63. The molecule has 4 N–H and O–H groups in total. The number of fused-ring (bicyclic) bond motifs is 1. The third-order valence-electron chi connectivity index (χ3n) is 7.45. The van der Waals surface area contributed by atoms with Gasteiger partial charge in [-0.25, -0.2) is 19.7 Å². The number of aromatic nitrogens is 5. The van der Waals surface area contributed by atoms with Crippen molar-refractivity contribution in [1.82, 2.24) is 29.6 Å². The molecule has 5 rings (SSSR count). The third kappa shape index (κ3) is 4.69. The number of nitrogens with one attached hydrogen (secondary N) is 1. The van der Waals surface area contributed by atoms with E-state index in [4.69, 9.17) is 9.26 Å². The monoisotopic (exact) mass is 529 g/mol. The van der Waals surface area contributed by atoms with Crippen LogP contribution in [0.4, 0.5) is 10.6 Å². The Hall–Kier alpha value is -3.29. The summed E-state index contributed by atoms with van der Waals surface area (Å²) in [7, 11) is 0. The molecule has 13 nitrogen and oxygen atoms in total. The fourth-order valence-corrected chi connectivity index (χ4v) is 5.24. The van der Waals surface area contributed by atoms with Crippen LogP contribution in [0.5, 0.6) is 0 Å². The lowest BCUT2D eigenvalue weighted by Crippen LogP contribution is -2.51. The van der Waals surface area contributed by atoms with Gasteiger partial charge in [-0.2, -0.15) is 0 Å². The van der Waals surface area contributed by atoms with Gasteiger partial charge >= 0.3 is 6.09 Å². The van der Waals surface area contributed by atoms with E-state index in [1.807, 2.05) is 34.6 Å². The highest BCUT2D eigenvalue weighted by molar-refractivity contribution is 5.82. The molecule has 0 radical (unpaired) electrons. The minimum Gasteiger partial charge on any atom is -0.465 e. The second-order valence-corrected chi connectivity index (χ2v) is 11.5. The zero-order valence-corrected chi connectivity index (χ0v) is 22.1. The number of imidazole rings is 1. The Bertz CT molecular complexity index is 1300. The molecule has 2 fully saturated rings. The summed E-state index contributed by atoms with van der Waals surface area (Å²) in [4.78, 5) is 26.4. The number of aliphatic hydroxyl groups excluding tert-OH is 2. The lowest BCUT2D eigenvalue weighted by molar-refractivity contribution is -0.0434. The van der Waals surface area contributed by atoms with Gasteiger partial charge in [-0.05, 0) is 18.8 Å². The molecule has 1 amide bonds. The highest BCUT2D eigenvalue weighted by atomic mass is 16.6. The number of likely N-dealkylation sites (tertiary alicyclic amines) is 1. The van der Waals surface area contributed by atoms with Gasteiger partial charge in [0.25, 0.3) is 0 Å². The van der Waals surface area contributed by atoms with Crippen LogP contribution in [0.3, 0.4) is 0 Å². The van der Waals surface area contributed by atoms with Crippen molar-refractivity contribution in [2.75, 3.05) is 11.9 Å². The molecule has 0 saturated carbocycles. The number of hydrogen-bond donors (Lipinski definition) is 4. The van der Waals surface area contributed by atoms with E-state index in [9.17, 15) is 20.1 Å². The number of anilines is 1. The highest BCUT2D eigenvalue weighted by Gasteiger charge is 2.47. The smallest absolute Gasteiger partial charge is 0.407 e. The molecule has 2 unspecified atom stereocenters. The maximum Gasteiger partial charge on any atom is 0.407 e. The summed E-state index contributed by atoms with van der Waals surface area (Å²) in [5.41, 5.74) is 1.38. The molecule has 0 bridgehead atoms. The topological polar surface area (TPSA) is 172 Å². The van der Waals surface area contributed by atoms with E-state index in [1.54, 1.807) is 10.6 Å². The molecule has 0 spiro atoms. The Morgan fingerprint density at radius 2 is 1.95 bits per heavy atom. The standard InChI is InChI=1S/C25H35N7O6/c1-12(2)14-8-13(6-7-31(14)24(35)36)29-21-17-22(27-10-26-21)32(11-28-17)23-19(34)18(33)20(37-23)15-9-16(30-38-15)25(3,4)5/h9-14,18-20,23,33-34H,6-8H2,1-5H3,(H,35,36)(H,26,27,29)/t13?,14?,18-,19+,20+,23+/m0/s1. The summed E-state index contributed by atoms with van der Waals surface area (Å²) in [5, 5.41) is 38.7. The van der Waals surface area contributed by atoms with Crippen molar-refractivity contribution in [2.24, 2.45) is 5.92 Å². The Morgan fingerprint density at radius 3 is 2.61 bits per heavy atom. The van der Waals surface area contributed by atoms with E-state index >= 15 is 0 Å². The molecule has 0 aromatic carbocycles. The average Bonchev–Trinajstić information content (AvgIpc) is 3.58. The van der Waals surface area contributed by atoms with E-state index in [0.29, 0.717) is 47.8 Å². The van der Waals surface area contributed by atoms with Crippen LogP contribution in [-0.4, -0.2) is 81.8 Å². The SMILES string of the molecule is CC(C)C1CC(Nc2ncnc3c2ncn3[C@@H]2O[C@H](c3cc(C(C)(C)C)no3)[C@@H](O)[C@H]2O)CCN1C(=O)O. The van der Waals surface area contributed by atoms with Gasteiger partial charge in [0.1, 0.15) is 24.6 Å². The molecule has 6 atom stereocenters. The maximum absolute atomic E-state index is 11.7. The van der Waals surface area contributed by atoms with Crippen molar-refractivity contribution in [3.63, 3.8) is 0 Å². The van der Waals surface area contributed by atoms with Gasteiger partial charge in [-0.1, -0.05) is 39.8 Å². The first kappa shape index (κ1) is 26.3. The van der Waals surface area contributed by atoms with Gasteiger partial charge in [-0.15, -0.1) is 0 Å². The Kier molecular flexibility index (Phi) is 6.78. The molecule has 0 aliphatic carbocycles. The van der Waals surface area contributed by atoms with Crippen LogP contribution in [-0.2, 0) is 10.2 Å². The first-order valence-electron chi connectivity index (χ1n) is 12.9. The number of amides is 1. The molecule has 206 valence electrons. The predicted octanol–water partition coefficient (Wildman–Crippen LogP) is 2.68. The number of carbonyl (C=O) groups is 1. The number of aliphatic hydroxyl groups is 2. The first-order chi connectivity index (χ1) is 18.0. The molecule has 3 aromatic heterocycles. The van der Waals surface area contributed by atoms with Crippen molar-refractivity contribution >= 4 is 23.1 Å². The number of rotatable bonds is 5. The molecule has 2 saturated heterocycles. The third-order valence-corrected chi connectivity index (χ3v) is 7.45. The lowest BCUT2D eigenvalue weighted by atomic mass is 9.90. The highest BCUT2D eigenvalue weighted by Crippen LogP contribution is 2.41. The van der Waals surface area contributed by atoms with Gasteiger partial charge in [-0.3, -0.25) is 4.57 Å². The quantitative estimate of drug-likeness (QED) is 0.383. The summed E-state index contributed by atoms with van der Waals surface area (Å²) in [6.45, 7) is 10.5. The number of carboxylic acid groups (broad SMARTS) is 1. The molecule has 2 aliphatic rings. The number of nitrogens with zero attached hydrogens (tertiary/aromatic N) is 6. The summed E-state index contributed by atoms with van der Waals surface area (Å²) < 4.78 is 13.1. The minimum atomic E-state index is -1.26. The maximum atomic E-state index is 11.7. The van der Waals surface area contributed by atoms with E-state index < -0.39 is 30.6 Å². The van der Waals surface area contributed by atoms with Crippen LogP contribution in [0.2, 0.25) is 0 Å². The largest absolute Gasteiger partial charge is 0.465 e. The van der Waals surface area contributed by atoms with Crippen LogP contribution < -0.4 is 5.32 Å². The molecular formula is C25H35N7O6. The number of piperidine rings is 1. The van der Waals surface area contributed by atoms with E-state index in [2.05, 4.69) is 25.4 Å². The Labute approximate surface area is 219 Å². The molecule has 3 aromatic rings. The van der Waals surface area contributed by atoms with Crippen LogP contribution in [0, 0.1) is 5.92 Å². The normalized spacial score (nSPS) is 28.4.